The van der Waals surface area contributed by atoms with E-state index in [4.69, 9.17) is 9.05 Å². The number of carbonyl (C=O) groups excluding carboxylic acids is 2. The number of phenolic OH excluding ortho intramolecular Hbond substituents is 2. The van der Waals surface area contributed by atoms with Crippen LogP contribution in [0.4, 0.5) is 0 Å². The fraction of sp³-hybridized carbons (Fsp3) is 0.562. The minimum atomic E-state index is -3.15. The highest BCUT2D eigenvalue weighted by Crippen LogP contribution is 2.41. The molecule has 222 valence electrons. The molecule has 2 N–H and O–H groups in total. The van der Waals surface area contributed by atoms with Crippen molar-refractivity contribution in [2.24, 2.45) is 0 Å². The van der Waals surface area contributed by atoms with Crippen molar-refractivity contribution in [2.75, 3.05) is 13.2 Å². The molecule has 2 aromatic carbocycles. The lowest BCUT2D eigenvalue weighted by atomic mass is 9.78. The highest BCUT2D eigenvalue weighted by molar-refractivity contribution is 7.33. The molecule has 2 aromatic rings. The summed E-state index contributed by atoms with van der Waals surface area (Å²) < 4.78 is 22.9. The molecule has 40 heavy (non-hydrogen) atoms. The van der Waals surface area contributed by atoms with Crippen molar-refractivity contribution < 1.29 is 33.4 Å². The molecular formula is C32H47O7P. The van der Waals surface area contributed by atoms with Gasteiger partial charge in [-0.2, -0.15) is 0 Å². The van der Waals surface area contributed by atoms with E-state index in [-0.39, 0.29) is 11.5 Å². The van der Waals surface area contributed by atoms with Gasteiger partial charge in [-0.05, 0) is 45.9 Å². The second kappa shape index (κ2) is 11.8. The molecule has 0 heterocycles. The molecule has 8 heteroatoms. The molecule has 0 amide bonds. The largest absolute Gasteiger partial charge is 0.507 e. The lowest BCUT2D eigenvalue weighted by Gasteiger charge is -2.28. The van der Waals surface area contributed by atoms with Crippen LogP contribution in [0.25, 0.3) is 0 Å². The van der Waals surface area contributed by atoms with Gasteiger partial charge in [-0.15, -0.1) is 0 Å². The van der Waals surface area contributed by atoms with E-state index in [1.54, 1.807) is 24.3 Å². The molecule has 0 bridgehead atoms. The van der Waals surface area contributed by atoms with Gasteiger partial charge in [0.2, 0.25) is 0 Å². The van der Waals surface area contributed by atoms with Gasteiger partial charge in [-0.1, -0.05) is 83.1 Å². The lowest BCUT2D eigenvalue weighted by molar-refractivity contribution is 0.0877. The van der Waals surface area contributed by atoms with E-state index in [9.17, 15) is 24.4 Å². The summed E-state index contributed by atoms with van der Waals surface area (Å²) in [6.45, 7) is 22.4. The average Bonchev–Trinajstić information content (AvgIpc) is 2.78. The van der Waals surface area contributed by atoms with Crippen LogP contribution in [0, 0.1) is 0 Å². The summed E-state index contributed by atoms with van der Waals surface area (Å²) in [5, 5.41) is 21.8. The summed E-state index contributed by atoms with van der Waals surface area (Å²) in [4.78, 5) is 26.0. The third kappa shape index (κ3) is 8.28. The van der Waals surface area contributed by atoms with Gasteiger partial charge in [-0.25, -0.2) is 0 Å². The molecule has 0 unspecified atom stereocenters. The normalized spacial score (nSPS) is 13.1. The predicted octanol–water partition coefficient (Wildman–Crippen LogP) is 7.78. The van der Waals surface area contributed by atoms with Crippen LogP contribution in [-0.2, 0) is 35.3 Å². The van der Waals surface area contributed by atoms with Gasteiger partial charge in [0.15, 0.2) is 11.6 Å². The second-order valence-electron chi connectivity index (χ2n) is 14.5. The Morgan fingerprint density at radius 2 is 0.800 bits per heavy atom. The molecule has 0 aliphatic carbocycles. The highest BCUT2D eigenvalue weighted by Gasteiger charge is 2.29. The molecule has 0 spiro atoms. The van der Waals surface area contributed by atoms with Crippen LogP contribution in [-0.4, -0.2) is 35.0 Å². The van der Waals surface area contributed by atoms with Gasteiger partial charge in [0.05, 0.1) is 0 Å². The molecule has 0 aliphatic heterocycles. The van der Waals surface area contributed by atoms with Gasteiger partial charge in [0.25, 0.3) is 0 Å². The number of rotatable bonds is 8. The number of hydrogen-bond donors (Lipinski definition) is 2. The van der Waals surface area contributed by atoms with E-state index in [0.29, 0.717) is 33.4 Å². The first-order chi connectivity index (χ1) is 17.9. The Hall–Kier alpha value is -2.47. The van der Waals surface area contributed by atoms with Crippen LogP contribution < -0.4 is 0 Å². The summed E-state index contributed by atoms with van der Waals surface area (Å²) >= 11 is 0. The Bertz CT molecular complexity index is 1130. The maximum Gasteiger partial charge on any atom is 0.320 e. The first-order valence-electron chi connectivity index (χ1n) is 13.6. The monoisotopic (exact) mass is 574 g/mol. The van der Waals surface area contributed by atoms with Crippen LogP contribution in [0.5, 0.6) is 11.5 Å². The third-order valence-electron chi connectivity index (χ3n) is 6.74. The molecule has 0 fully saturated rings. The van der Waals surface area contributed by atoms with Gasteiger partial charge in [0.1, 0.15) is 24.7 Å². The quantitative estimate of drug-likeness (QED) is 0.245. The van der Waals surface area contributed by atoms with Crippen LogP contribution in [0.2, 0.25) is 0 Å². The molecule has 0 aromatic heterocycles. The molecule has 0 radical (unpaired) electrons. The average molecular weight is 575 g/mol. The molecule has 0 saturated heterocycles. The minimum absolute atomic E-state index is 0.159. The molecule has 7 nitrogen and oxygen atoms in total. The maximum atomic E-state index is 13.0. The van der Waals surface area contributed by atoms with Gasteiger partial charge in [0, 0.05) is 33.4 Å². The van der Waals surface area contributed by atoms with Crippen LogP contribution in [0.3, 0.4) is 0 Å². The van der Waals surface area contributed by atoms with Crippen LogP contribution in [0.15, 0.2) is 24.3 Å². The lowest BCUT2D eigenvalue weighted by Crippen LogP contribution is -2.20. The molecule has 0 saturated carbocycles. The fourth-order valence-electron chi connectivity index (χ4n) is 4.34. The molecular weight excluding hydrogens is 527 g/mol. The zero-order valence-electron chi connectivity index (χ0n) is 26.2. The van der Waals surface area contributed by atoms with E-state index in [2.05, 4.69) is 0 Å². The minimum Gasteiger partial charge on any atom is -0.507 e. The van der Waals surface area contributed by atoms with Crippen molar-refractivity contribution in [3.05, 3.63) is 57.6 Å². The summed E-state index contributed by atoms with van der Waals surface area (Å²) in [6.07, 6.45) is 0. The van der Waals surface area contributed by atoms with Crippen molar-refractivity contribution in [1.82, 2.24) is 0 Å². The first kappa shape index (κ1) is 33.7. The Labute approximate surface area is 240 Å². The highest BCUT2D eigenvalue weighted by atomic mass is 31.1. The summed E-state index contributed by atoms with van der Waals surface area (Å²) in [5.74, 6) is -0.502. The number of benzene rings is 2. The van der Waals surface area contributed by atoms with E-state index in [1.807, 2.05) is 83.1 Å². The van der Waals surface area contributed by atoms with Gasteiger partial charge < -0.3 is 19.3 Å². The van der Waals surface area contributed by atoms with Gasteiger partial charge in [-0.3, -0.25) is 14.2 Å². The summed E-state index contributed by atoms with van der Waals surface area (Å²) in [7, 11) is -3.15. The standard InChI is InChI=1S/C32H47O7P/c1-29(2,3)21-13-19(14-22(27(21)35)30(4,5)6)25(33)17-38-40(37)39-18-26(34)20-15-23(31(7,8)9)28(36)24(16-20)32(10,11)12/h13-16,35-36,40H,17-18H2,1-12H3. The first-order valence-corrected chi connectivity index (χ1v) is 14.8. The topological polar surface area (TPSA) is 110 Å². The number of carbonyl (C=O) groups is 2. The smallest absolute Gasteiger partial charge is 0.320 e. The molecule has 0 aliphatic rings. The zero-order valence-corrected chi connectivity index (χ0v) is 27.2. The Morgan fingerprint density at radius 3 is 1.00 bits per heavy atom. The summed E-state index contributed by atoms with van der Waals surface area (Å²) in [6, 6.07) is 6.56. The van der Waals surface area contributed by atoms with Crippen molar-refractivity contribution in [3.8, 4) is 11.5 Å². The van der Waals surface area contributed by atoms with Gasteiger partial charge >= 0.3 is 8.25 Å². The third-order valence-corrected chi connectivity index (χ3v) is 7.50. The fourth-order valence-corrected chi connectivity index (χ4v) is 4.92. The summed E-state index contributed by atoms with van der Waals surface area (Å²) in [5.41, 5.74) is 1.58. The van der Waals surface area contributed by atoms with Crippen LogP contribution in [0.1, 0.15) is 126 Å². The number of aromatic hydroxyl groups is 2. The zero-order chi connectivity index (χ0) is 31.0. The number of hydrogen-bond acceptors (Lipinski definition) is 7. The number of Topliss-reactive ketones (excluding diaryl/α,β-unsaturated/α-hetero) is 2. The maximum absolute atomic E-state index is 13.0. The van der Waals surface area contributed by atoms with E-state index in [0.717, 1.165) is 0 Å². The Balaban J connectivity index is 2.18. The van der Waals surface area contributed by atoms with E-state index < -0.39 is 54.7 Å². The van der Waals surface area contributed by atoms with Crippen molar-refractivity contribution in [3.63, 3.8) is 0 Å². The van der Waals surface area contributed by atoms with Crippen LogP contribution >= 0.6 is 8.25 Å². The van der Waals surface area contributed by atoms with Crippen molar-refractivity contribution in [1.29, 1.82) is 0 Å². The van der Waals surface area contributed by atoms with Crippen molar-refractivity contribution in [2.45, 2.75) is 105 Å². The Morgan fingerprint density at radius 1 is 0.575 bits per heavy atom. The van der Waals surface area contributed by atoms with Crippen molar-refractivity contribution >= 4 is 19.8 Å². The number of phenols is 2. The number of ketones is 2. The SMILES string of the molecule is CC(C)(C)c1cc(C(=O)CO[PH](=O)OCC(=O)c2cc(C(C)(C)C)c(O)c(C(C)(C)C)c2)cc(C(C)(C)C)c1O. The van der Waals surface area contributed by atoms with E-state index >= 15 is 0 Å². The predicted molar refractivity (Wildman–Crippen MR) is 161 cm³/mol. The van der Waals surface area contributed by atoms with E-state index in [1.165, 1.54) is 0 Å². The molecule has 0 atom stereocenters. The Kier molecular flexibility index (Phi) is 9.95. The second-order valence-corrected chi connectivity index (χ2v) is 15.6. The molecule has 2 rings (SSSR count).